The molecule has 0 saturated carbocycles. The van der Waals surface area contributed by atoms with Crippen molar-refractivity contribution in [1.82, 2.24) is 34.4 Å². The van der Waals surface area contributed by atoms with Crippen LogP contribution in [0.5, 0.6) is 0 Å². The van der Waals surface area contributed by atoms with E-state index in [-0.39, 0.29) is 5.95 Å². The molecule has 0 bridgehead atoms. The molecule has 0 amide bonds. The first-order valence-electron chi connectivity index (χ1n) is 9.17. The number of nitrogens with two attached hydrogens (primary N) is 1. The molecule has 5 heterocycles. The van der Waals surface area contributed by atoms with Gasteiger partial charge in [-0.05, 0) is 13.8 Å². The van der Waals surface area contributed by atoms with Crippen LogP contribution in [-0.2, 0) is 19.4 Å². The summed E-state index contributed by atoms with van der Waals surface area (Å²) in [4.78, 5) is 21.7. The molecule has 1 aliphatic rings. The second-order valence-electron chi connectivity index (χ2n) is 6.92. The molecule has 4 aromatic heterocycles. The Hall–Kier alpha value is -2.85. The van der Waals surface area contributed by atoms with Gasteiger partial charge < -0.3 is 10.2 Å². The Morgan fingerprint density at radius 2 is 2.14 bits per heavy atom. The van der Waals surface area contributed by atoms with Crippen molar-refractivity contribution in [3.05, 3.63) is 39.4 Å². The van der Waals surface area contributed by atoms with Crippen molar-refractivity contribution in [2.24, 2.45) is 0 Å². The summed E-state index contributed by atoms with van der Waals surface area (Å²) in [5, 5.41) is 5.71. The van der Waals surface area contributed by atoms with E-state index in [2.05, 4.69) is 31.9 Å². The van der Waals surface area contributed by atoms with Crippen LogP contribution >= 0.6 is 11.3 Å². The number of anilines is 1. The number of oxazole rings is 1. The summed E-state index contributed by atoms with van der Waals surface area (Å²) < 4.78 is 6.97. The highest BCUT2D eigenvalue weighted by molar-refractivity contribution is 7.11. The lowest BCUT2D eigenvalue weighted by atomic mass is 10.1. The Balaban J connectivity index is 1.37. The fourth-order valence-electron chi connectivity index (χ4n) is 3.59. The molecule has 2 N–H and O–H groups in total. The van der Waals surface area contributed by atoms with E-state index < -0.39 is 0 Å². The van der Waals surface area contributed by atoms with Gasteiger partial charge in [-0.1, -0.05) is 0 Å². The Morgan fingerprint density at radius 1 is 1.25 bits per heavy atom. The van der Waals surface area contributed by atoms with Crippen molar-refractivity contribution < 1.29 is 4.42 Å². The van der Waals surface area contributed by atoms with Crippen LogP contribution in [0, 0.1) is 13.8 Å². The van der Waals surface area contributed by atoms with Gasteiger partial charge in [0, 0.05) is 42.9 Å². The number of hydrogen-bond donors (Lipinski definition) is 1. The van der Waals surface area contributed by atoms with Gasteiger partial charge in [0.25, 0.3) is 0 Å². The quantitative estimate of drug-likeness (QED) is 0.558. The Morgan fingerprint density at radius 3 is 2.96 bits per heavy atom. The molecule has 5 rings (SSSR count). The van der Waals surface area contributed by atoms with Gasteiger partial charge in [-0.2, -0.15) is 4.52 Å². The summed E-state index contributed by atoms with van der Waals surface area (Å²) in [5.74, 6) is 1.46. The van der Waals surface area contributed by atoms with Crippen LogP contribution in [0.15, 0.2) is 16.9 Å². The number of thiazole rings is 1. The van der Waals surface area contributed by atoms with E-state index in [4.69, 9.17) is 15.1 Å². The first kappa shape index (κ1) is 17.3. The Labute approximate surface area is 165 Å². The average Bonchev–Trinajstić information content (AvgIpc) is 3.41. The van der Waals surface area contributed by atoms with Crippen LogP contribution in [0.4, 0.5) is 5.95 Å². The molecule has 0 radical (unpaired) electrons. The smallest absolute Gasteiger partial charge is 0.245 e. The first-order chi connectivity index (χ1) is 13.6. The maximum atomic E-state index is 6.10. The highest BCUT2D eigenvalue weighted by Crippen LogP contribution is 2.26. The van der Waals surface area contributed by atoms with Crippen LogP contribution in [0.1, 0.15) is 27.0 Å². The van der Waals surface area contributed by atoms with E-state index in [9.17, 15) is 0 Å². The van der Waals surface area contributed by atoms with Crippen LogP contribution < -0.4 is 5.73 Å². The molecule has 0 saturated heterocycles. The largest absolute Gasteiger partial charge is 0.443 e. The summed E-state index contributed by atoms with van der Waals surface area (Å²) in [6.45, 7) is 6.86. The lowest BCUT2D eigenvalue weighted by molar-refractivity contribution is 0.257. The number of nitrogen functional groups attached to an aromatic ring is 1. The molecule has 0 spiro atoms. The highest BCUT2D eigenvalue weighted by Gasteiger charge is 2.21. The molecule has 144 valence electrons. The minimum absolute atomic E-state index is 0.273. The van der Waals surface area contributed by atoms with Gasteiger partial charge in [0.05, 0.1) is 16.9 Å². The Kier molecular flexibility index (Phi) is 4.09. The van der Waals surface area contributed by atoms with E-state index >= 15 is 0 Å². The second-order valence-corrected chi connectivity index (χ2v) is 8.21. The highest BCUT2D eigenvalue weighted by atomic mass is 32.1. The monoisotopic (exact) mass is 396 g/mol. The summed E-state index contributed by atoms with van der Waals surface area (Å²) in [6, 6.07) is 0. The van der Waals surface area contributed by atoms with E-state index in [1.54, 1.807) is 22.0 Å². The molecule has 4 aromatic rings. The number of rotatable bonds is 4. The molecular weight excluding hydrogens is 376 g/mol. The first-order valence-corrected chi connectivity index (χ1v) is 9.99. The molecule has 0 aliphatic carbocycles. The molecule has 28 heavy (non-hydrogen) atoms. The lowest BCUT2D eigenvalue weighted by Gasteiger charge is -2.25. The molecule has 9 nitrogen and oxygen atoms in total. The van der Waals surface area contributed by atoms with Crippen LogP contribution in [0.25, 0.3) is 17.2 Å². The van der Waals surface area contributed by atoms with Gasteiger partial charge in [0.2, 0.25) is 11.8 Å². The maximum absolute atomic E-state index is 6.10. The number of fused-ring (bicyclic) bond motifs is 2. The number of hydrogen-bond acceptors (Lipinski definition) is 9. The average molecular weight is 396 g/mol. The zero-order chi connectivity index (χ0) is 19.3. The summed E-state index contributed by atoms with van der Waals surface area (Å²) in [6.07, 6.45) is 4.86. The van der Waals surface area contributed by atoms with Crippen molar-refractivity contribution >= 4 is 22.9 Å². The predicted octanol–water partition coefficient (Wildman–Crippen LogP) is 2.04. The zero-order valence-corrected chi connectivity index (χ0v) is 16.5. The molecule has 10 heteroatoms. The minimum atomic E-state index is 0.273. The molecule has 0 fully saturated rings. The number of aromatic nitrogens is 6. The number of nitrogens with zero attached hydrogens (tertiary/aromatic N) is 7. The summed E-state index contributed by atoms with van der Waals surface area (Å²) in [5.41, 5.74) is 9.50. The van der Waals surface area contributed by atoms with Crippen molar-refractivity contribution in [2.75, 3.05) is 18.8 Å². The minimum Gasteiger partial charge on any atom is -0.443 e. The molecular formula is C18H20N8OS. The van der Waals surface area contributed by atoms with Gasteiger partial charge in [0.15, 0.2) is 11.5 Å². The second kappa shape index (κ2) is 6.64. The van der Waals surface area contributed by atoms with Gasteiger partial charge in [-0.25, -0.2) is 19.9 Å². The third-order valence-corrected chi connectivity index (χ3v) is 5.99. The van der Waals surface area contributed by atoms with E-state index in [0.29, 0.717) is 17.2 Å². The fraction of sp³-hybridized carbons (Fsp3) is 0.389. The predicted molar refractivity (Wildman–Crippen MR) is 105 cm³/mol. The standard InChI is InChI=1S/C18H20N8OS/c1-10-15(17-20-5-8-27-17)23-18(19)26-16(10)22-14(24-26)4-7-25-6-3-12-13(9-25)28-11(2)21-12/h5,8H,3-4,6-7,9H2,1-2H3,(H2,19,23). The van der Waals surface area contributed by atoms with Crippen molar-refractivity contribution in [1.29, 1.82) is 0 Å². The van der Waals surface area contributed by atoms with Crippen LogP contribution in [0.2, 0.25) is 0 Å². The van der Waals surface area contributed by atoms with Crippen molar-refractivity contribution in [3.63, 3.8) is 0 Å². The van der Waals surface area contributed by atoms with Crippen molar-refractivity contribution in [2.45, 2.75) is 33.2 Å². The summed E-state index contributed by atoms with van der Waals surface area (Å²) in [7, 11) is 0. The van der Waals surface area contributed by atoms with Gasteiger partial charge in [-0.3, -0.25) is 4.90 Å². The summed E-state index contributed by atoms with van der Waals surface area (Å²) >= 11 is 1.80. The zero-order valence-electron chi connectivity index (χ0n) is 15.7. The SMILES string of the molecule is Cc1nc2c(s1)CN(CCc1nc3c(C)c(-c4ncco4)nc(N)n3n1)CC2. The third-order valence-electron chi connectivity index (χ3n) is 4.99. The molecule has 0 unspecified atom stereocenters. The molecule has 1 aliphatic heterocycles. The van der Waals surface area contributed by atoms with Gasteiger partial charge in [-0.15, -0.1) is 16.4 Å². The molecule has 0 atom stereocenters. The van der Waals surface area contributed by atoms with E-state index in [1.165, 1.54) is 16.8 Å². The molecule has 0 aromatic carbocycles. The van der Waals surface area contributed by atoms with Gasteiger partial charge in [0.1, 0.15) is 12.0 Å². The van der Waals surface area contributed by atoms with Crippen LogP contribution in [0.3, 0.4) is 0 Å². The van der Waals surface area contributed by atoms with E-state index in [1.807, 2.05) is 6.92 Å². The topological polar surface area (TPSA) is 111 Å². The third kappa shape index (κ3) is 2.94. The Bertz CT molecular complexity index is 1150. The fourth-order valence-corrected chi connectivity index (χ4v) is 4.61. The number of aryl methyl sites for hydroxylation is 2. The van der Waals surface area contributed by atoms with Crippen LogP contribution in [-0.4, -0.2) is 47.5 Å². The normalized spacial score (nSPS) is 14.6. The lowest BCUT2D eigenvalue weighted by Crippen LogP contribution is -2.31. The van der Waals surface area contributed by atoms with Gasteiger partial charge >= 0.3 is 0 Å². The van der Waals surface area contributed by atoms with Crippen molar-refractivity contribution in [3.8, 4) is 11.6 Å². The van der Waals surface area contributed by atoms with E-state index in [0.717, 1.165) is 48.9 Å². The maximum Gasteiger partial charge on any atom is 0.245 e.